The first-order valence-electron chi connectivity index (χ1n) is 5.50. The minimum absolute atomic E-state index is 0.0690. The normalized spacial score (nSPS) is 21.0. The zero-order valence-corrected chi connectivity index (χ0v) is 8.98. The number of rotatable bonds is 2. The molecule has 0 aromatic heterocycles. The lowest BCUT2D eigenvalue weighted by Crippen LogP contribution is -2.36. The second kappa shape index (κ2) is 4.88. The van der Waals surface area contributed by atoms with Gasteiger partial charge in [0.2, 0.25) is 0 Å². The van der Waals surface area contributed by atoms with Crippen molar-refractivity contribution in [3.05, 3.63) is 24.3 Å². The van der Waals surface area contributed by atoms with E-state index in [0.29, 0.717) is 18.7 Å². The third-order valence-corrected chi connectivity index (χ3v) is 2.62. The van der Waals surface area contributed by atoms with Crippen molar-refractivity contribution in [3.8, 4) is 11.5 Å². The summed E-state index contributed by atoms with van der Waals surface area (Å²) < 4.78 is 5.52. The van der Waals surface area contributed by atoms with Gasteiger partial charge in [-0.05, 0) is 31.4 Å². The van der Waals surface area contributed by atoms with Gasteiger partial charge in [0.05, 0.1) is 0 Å². The number of benzene rings is 1. The number of ether oxygens (including phenoxy) is 1. The van der Waals surface area contributed by atoms with Gasteiger partial charge in [-0.1, -0.05) is 12.1 Å². The predicted molar refractivity (Wildman–Crippen MR) is 59.4 cm³/mol. The molecule has 0 bridgehead atoms. The first-order valence-corrected chi connectivity index (χ1v) is 5.50. The van der Waals surface area contributed by atoms with E-state index in [4.69, 9.17) is 4.74 Å². The molecule has 0 radical (unpaired) electrons. The highest BCUT2D eigenvalue weighted by Gasteiger charge is 2.22. The van der Waals surface area contributed by atoms with E-state index in [1.54, 1.807) is 24.3 Å². The van der Waals surface area contributed by atoms with Gasteiger partial charge in [-0.15, -0.1) is 0 Å². The van der Waals surface area contributed by atoms with Crippen LogP contribution in [0.15, 0.2) is 24.3 Å². The smallest absolute Gasteiger partial charge is 0.261 e. The van der Waals surface area contributed by atoms with E-state index in [9.17, 15) is 9.90 Å². The summed E-state index contributed by atoms with van der Waals surface area (Å²) in [4.78, 5) is 11.6. The molecule has 1 amide bonds. The van der Waals surface area contributed by atoms with Crippen LogP contribution in [0.5, 0.6) is 11.5 Å². The monoisotopic (exact) mass is 221 g/mol. The van der Waals surface area contributed by atoms with Crippen molar-refractivity contribution in [2.45, 2.75) is 25.4 Å². The quantitative estimate of drug-likeness (QED) is 0.794. The van der Waals surface area contributed by atoms with Crippen LogP contribution in [-0.4, -0.2) is 23.7 Å². The number of phenols is 1. The van der Waals surface area contributed by atoms with Gasteiger partial charge < -0.3 is 15.2 Å². The average molecular weight is 221 g/mol. The lowest BCUT2D eigenvalue weighted by molar-refractivity contribution is -0.127. The van der Waals surface area contributed by atoms with Crippen LogP contribution in [0.25, 0.3) is 0 Å². The van der Waals surface area contributed by atoms with Crippen molar-refractivity contribution in [1.82, 2.24) is 5.32 Å². The molecule has 1 heterocycles. The van der Waals surface area contributed by atoms with Crippen LogP contribution in [0.2, 0.25) is 0 Å². The van der Waals surface area contributed by atoms with E-state index >= 15 is 0 Å². The minimum Gasteiger partial charge on any atom is -0.504 e. The van der Waals surface area contributed by atoms with E-state index in [1.807, 2.05) is 0 Å². The van der Waals surface area contributed by atoms with Crippen molar-refractivity contribution in [2.24, 2.45) is 0 Å². The van der Waals surface area contributed by atoms with Gasteiger partial charge in [-0.3, -0.25) is 4.79 Å². The Morgan fingerprint density at radius 1 is 1.31 bits per heavy atom. The zero-order chi connectivity index (χ0) is 11.4. The molecule has 1 aliphatic heterocycles. The summed E-state index contributed by atoms with van der Waals surface area (Å²) in [5.41, 5.74) is 0. The number of aromatic hydroxyl groups is 1. The molecule has 0 spiro atoms. The highest BCUT2D eigenvalue weighted by Crippen LogP contribution is 2.26. The van der Waals surface area contributed by atoms with Crippen molar-refractivity contribution >= 4 is 5.91 Å². The van der Waals surface area contributed by atoms with Gasteiger partial charge in [0, 0.05) is 6.54 Å². The van der Waals surface area contributed by atoms with Gasteiger partial charge in [-0.25, -0.2) is 0 Å². The molecule has 2 rings (SSSR count). The van der Waals surface area contributed by atoms with Crippen LogP contribution in [0.1, 0.15) is 19.3 Å². The van der Waals surface area contributed by atoms with E-state index in [-0.39, 0.29) is 11.7 Å². The highest BCUT2D eigenvalue weighted by atomic mass is 16.5. The van der Waals surface area contributed by atoms with Crippen LogP contribution in [0.4, 0.5) is 0 Å². The molecule has 4 heteroatoms. The lowest BCUT2D eigenvalue weighted by atomic mass is 10.2. The first kappa shape index (κ1) is 10.8. The van der Waals surface area contributed by atoms with E-state index in [0.717, 1.165) is 12.8 Å². The van der Waals surface area contributed by atoms with Gasteiger partial charge in [-0.2, -0.15) is 0 Å². The summed E-state index contributed by atoms with van der Waals surface area (Å²) in [7, 11) is 0. The number of hydrogen-bond donors (Lipinski definition) is 2. The maximum Gasteiger partial charge on any atom is 0.261 e. The third-order valence-electron chi connectivity index (χ3n) is 2.62. The summed E-state index contributed by atoms with van der Waals surface area (Å²) in [6.45, 7) is 0.708. The molecule has 1 aliphatic rings. The lowest BCUT2D eigenvalue weighted by Gasteiger charge is -2.16. The number of hydrogen-bond acceptors (Lipinski definition) is 3. The number of amides is 1. The summed E-state index contributed by atoms with van der Waals surface area (Å²) >= 11 is 0. The second-order valence-corrected chi connectivity index (χ2v) is 3.86. The molecule has 1 aromatic rings. The van der Waals surface area contributed by atoms with Gasteiger partial charge >= 0.3 is 0 Å². The third kappa shape index (κ3) is 2.45. The number of nitrogens with one attached hydrogen (secondary N) is 1. The van der Waals surface area contributed by atoms with Crippen LogP contribution in [0, 0.1) is 0 Å². The molecule has 0 saturated carbocycles. The maximum absolute atomic E-state index is 11.6. The Balaban J connectivity index is 2.08. The van der Waals surface area contributed by atoms with Crippen molar-refractivity contribution < 1.29 is 14.6 Å². The summed E-state index contributed by atoms with van der Waals surface area (Å²) in [5, 5.41) is 12.3. The molecule has 86 valence electrons. The fourth-order valence-electron chi connectivity index (χ4n) is 1.73. The van der Waals surface area contributed by atoms with E-state index in [1.165, 1.54) is 0 Å². The zero-order valence-electron chi connectivity index (χ0n) is 8.98. The Kier molecular flexibility index (Phi) is 3.29. The Bertz CT molecular complexity index is 378. The molecule has 1 fully saturated rings. The van der Waals surface area contributed by atoms with Gasteiger partial charge in [0.25, 0.3) is 5.91 Å². The molecule has 0 aliphatic carbocycles. The van der Waals surface area contributed by atoms with Gasteiger partial charge in [0.1, 0.15) is 0 Å². The summed E-state index contributed by atoms with van der Waals surface area (Å²) in [6.07, 6.45) is 2.14. The highest BCUT2D eigenvalue weighted by molar-refractivity contribution is 5.81. The van der Waals surface area contributed by atoms with E-state index in [2.05, 4.69) is 5.32 Å². The molecular formula is C12H15NO3. The summed E-state index contributed by atoms with van der Waals surface area (Å²) in [6, 6.07) is 6.69. The van der Waals surface area contributed by atoms with Crippen LogP contribution < -0.4 is 10.1 Å². The van der Waals surface area contributed by atoms with Crippen molar-refractivity contribution in [1.29, 1.82) is 0 Å². The fraction of sp³-hybridized carbons (Fsp3) is 0.417. The molecular weight excluding hydrogens is 206 g/mol. The Morgan fingerprint density at radius 2 is 2.12 bits per heavy atom. The largest absolute Gasteiger partial charge is 0.504 e. The van der Waals surface area contributed by atoms with Crippen molar-refractivity contribution in [3.63, 3.8) is 0 Å². The van der Waals surface area contributed by atoms with Crippen LogP contribution in [0.3, 0.4) is 0 Å². The van der Waals surface area contributed by atoms with Crippen LogP contribution >= 0.6 is 0 Å². The number of phenolic OH excluding ortho intramolecular Hbond substituents is 1. The Labute approximate surface area is 94.2 Å². The van der Waals surface area contributed by atoms with Crippen LogP contribution in [-0.2, 0) is 4.79 Å². The molecule has 1 aromatic carbocycles. The minimum atomic E-state index is -0.490. The maximum atomic E-state index is 11.6. The Morgan fingerprint density at radius 3 is 2.94 bits per heavy atom. The molecule has 4 nitrogen and oxygen atoms in total. The second-order valence-electron chi connectivity index (χ2n) is 3.86. The fourth-order valence-corrected chi connectivity index (χ4v) is 1.73. The molecule has 1 atom stereocenters. The average Bonchev–Trinajstić information content (AvgIpc) is 2.48. The Hall–Kier alpha value is -1.71. The molecule has 16 heavy (non-hydrogen) atoms. The predicted octanol–water partition coefficient (Wildman–Crippen LogP) is 1.44. The summed E-state index contributed by atoms with van der Waals surface area (Å²) in [5.74, 6) is 0.338. The first-order chi connectivity index (χ1) is 7.77. The topological polar surface area (TPSA) is 58.6 Å². The molecule has 1 saturated heterocycles. The standard InChI is InChI=1S/C12H15NO3/c14-9-5-1-2-6-10(9)16-11-7-3-4-8-13-12(11)15/h1-2,5-6,11,14H,3-4,7-8H2,(H,13,15). The number of carbonyl (C=O) groups excluding carboxylic acids is 1. The number of carbonyl (C=O) groups is 1. The van der Waals surface area contributed by atoms with Gasteiger partial charge in [0.15, 0.2) is 17.6 Å². The molecule has 1 unspecified atom stereocenters. The van der Waals surface area contributed by atoms with Crippen molar-refractivity contribution in [2.75, 3.05) is 6.54 Å². The number of para-hydroxylation sites is 2. The van der Waals surface area contributed by atoms with E-state index < -0.39 is 6.10 Å². The molecule has 2 N–H and O–H groups in total. The SMILES string of the molecule is O=C1NCCCCC1Oc1ccccc1O.